The minimum Gasteiger partial charge on any atom is -0.461 e. The number of carbonyl (C=O) groups is 1. The number of hydrogen-bond donors (Lipinski definition) is 0. The molecule has 0 saturated heterocycles. The van der Waals surface area contributed by atoms with E-state index in [1.807, 2.05) is 6.07 Å². The van der Waals surface area contributed by atoms with Crippen molar-refractivity contribution in [3.05, 3.63) is 23.9 Å². The molecule has 0 aliphatic rings. The zero-order valence-electron chi connectivity index (χ0n) is 11.0. The lowest BCUT2D eigenvalue weighted by molar-refractivity contribution is -0.148. The predicted octanol–water partition coefficient (Wildman–Crippen LogP) is 1.73. The fraction of sp³-hybridized carbons (Fsp3) is 0.462. The van der Waals surface area contributed by atoms with E-state index in [2.05, 4.69) is 4.98 Å². The van der Waals surface area contributed by atoms with Crippen molar-refractivity contribution in [2.24, 2.45) is 0 Å². The number of hydrogen-bond acceptors (Lipinski definition) is 5. The third-order valence-corrected chi connectivity index (χ3v) is 2.48. The monoisotopic (exact) mass is 247 g/mol. The molecular weight excluding hydrogens is 230 g/mol. The third kappa shape index (κ3) is 3.45. The lowest BCUT2D eigenvalue weighted by Crippen LogP contribution is -2.38. The predicted molar refractivity (Wildman–Crippen MR) is 68.0 cm³/mol. The topological polar surface area (TPSA) is 66.2 Å². The summed E-state index contributed by atoms with van der Waals surface area (Å²) in [4.78, 5) is 17.6. The molecule has 5 nitrogen and oxygen atoms in total. The minimum absolute atomic E-state index is 0.147. The summed E-state index contributed by atoms with van der Waals surface area (Å²) >= 11 is 0. The fourth-order valence-electron chi connectivity index (χ4n) is 1.37. The summed E-state index contributed by atoms with van der Waals surface area (Å²) in [5, 5.41) is 8.79. The molecule has 0 aliphatic carbocycles. The van der Waals surface area contributed by atoms with Crippen LogP contribution in [-0.4, -0.2) is 30.1 Å². The van der Waals surface area contributed by atoms with E-state index in [0.717, 1.165) is 0 Å². The van der Waals surface area contributed by atoms with Gasteiger partial charge in [0.15, 0.2) is 0 Å². The molecule has 96 valence electrons. The Kier molecular flexibility index (Phi) is 4.67. The molecule has 0 radical (unpaired) electrons. The number of nitriles is 1. The Morgan fingerprint density at radius 1 is 1.44 bits per heavy atom. The Morgan fingerprint density at radius 2 is 2.11 bits per heavy atom. The van der Waals surface area contributed by atoms with Gasteiger partial charge in [-0.05, 0) is 32.9 Å². The number of likely N-dealkylation sites (N-methyl/N-ethyl adjacent to an activating group) is 1. The Balaban J connectivity index is 2.83. The Hall–Kier alpha value is -2.09. The second-order valence-corrected chi connectivity index (χ2v) is 4.27. The summed E-state index contributed by atoms with van der Waals surface area (Å²) < 4.78 is 5.14. The highest BCUT2D eigenvalue weighted by Crippen LogP contribution is 2.13. The quantitative estimate of drug-likeness (QED) is 0.758. The molecule has 1 aromatic rings. The summed E-state index contributed by atoms with van der Waals surface area (Å²) in [7, 11) is 1.75. The highest BCUT2D eigenvalue weighted by Gasteiger charge is 2.21. The lowest BCUT2D eigenvalue weighted by Gasteiger charge is -2.25. The molecule has 0 aliphatic heterocycles. The van der Waals surface area contributed by atoms with E-state index in [1.54, 1.807) is 50.9 Å². The van der Waals surface area contributed by atoms with Gasteiger partial charge in [0.2, 0.25) is 0 Å². The molecule has 0 fully saturated rings. The molecule has 0 spiro atoms. The zero-order chi connectivity index (χ0) is 13.7. The molecule has 1 heterocycles. The molecule has 0 saturated carbocycles. The maximum Gasteiger partial charge on any atom is 0.328 e. The van der Waals surface area contributed by atoms with Gasteiger partial charge in [-0.15, -0.1) is 0 Å². The van der Waals surface area contributed by atoms with Gasteiger partial charge in [0.05, 0.1) is 6.10 Å². The average Bonchev–Trinajstić information content (AvgIpc) is 2.36. The van der Waals surface area contributed by atoms with Crippen molar-refractivity contribution in [1.29, 1.82) is 5.26 Å². The molecule has 0 amide bonds. The van der Waals surface area contributed by atoms with Gasteiger partial charge in [-0.3, -0.25) is 0 Å². The van der Waals surface area contributed by atoms with Crippen LogP contribution in [0.15, 0.2) is 18.2 Å². The maximum absolute atomic E-state index is 11.8. The summed E-state index contributed by atoms with van der Waals surface area (Å²) in [6.45, 7) is 5.35. The molecule has 0 bridgehead atoms. The van der Waals surface area contributed by atoms with Gasteiger partial charge in [-0.2, -0.15) is 5.26 Å². The Bertz CT molecular complexity index is 466. The smallest absolute Gasteiger partial charge is 0.328 e. The highest BCUT2D eigenvalue weighted by atomic mass is 16.5. The van der Waals surface area contributed by atoms with E-state index in [-0.39, 0.29) is 12.1 Å². The first-order valence-electron chi connectivity index (χ1n) is 5.76. The van der Waals surface area contributed by atoms with Crippen molar-refractivity contribution < 1.29 is 9.53 Å². The number of pyridine rings is 1. The number of anilines is 1. The first-order chi connectivity index (χ1) is 8.45. The van der Waals surface area contributed by atoms with Gasteiger partial charge >= 0.3 is 5.97 Å². The number of carbonyl (C=O) groups excluding carboxylic acids is 1. The summed E-state index contributed by atoms with van der Waals surface area (Å²) in [5.74, 6) is 0.263. The van der Waals surface area contributed by atoms with Crippen LogP contribution in [0.25, 0.3) is 0 Å². The van der Waals surface area contributed by atoms with Crippen LogP contribution in [0.5, 0.6) is 0 Å². The van der Waals surface area contributed by atoms with Gasteiger partial charge < -0.3 is 9.64 Å². The van der Waals surface area contributed by atoms with Crippen LogP contribution in [0.4, 0.5) is 5.82 Å². The van der Waals surface area contributed by atoms with Gasteiger partial charge in [0.25, 0.3) is 0 Å². The van der Waals surface area contributed by atoms with Gasteiger partial charge in [0, 0.05) is 7.05 Å². The van der Waals surface area contributed by atoms with E-state index in [4.69, 9.17) is 10.00 Å². The van der Waals surface area contributed by atoms with E-state index in [1.165, 1.54) is 0 Å². The highest BCUT2D eigenvalue weighted by molar-refractivity contribution is 5.79. The second kappa shape index (κ2) is 6.01. The van der Waals surface area contributed by atoms with Gasteiger partial charge in [-0.1, -0.05) is 6.07 Å². The number of ether oxygens (including phenoxy) is 1. The van der Waals surface area contributed by atoms with Crippen molar-refractivity contribution in [3.63, 3.8) is 0 Å². The van der Waals surface area contributed by atoms with Crippen molar-refractivity contribution in [1.82, 2.24) is 4.98 Å². The minimum atomic E-state index is -0.450. The average molecular weight is 247 g/mol. The Labute approximate surface area is 107 Å². The number of aromatic nitrogens is 1. The molecule has 0 aromatic carbocycles. The van der Waals surface area contributed by atoms with Crippen LogP contribution >= 0.6 is 0 Å². The van der Waals surface area contributed by atoms with E-state index >= 15 is 0 Å². The summed E-state index contributed by atoms with van der Waals surface area (Å²) in [6.07, 6.45) is -0.147. The molecule has 1 unspecified atom stereocenters. The standard InChI is InChI=1S/C13H17N3O2/c1-9(2)18-13(17)10(3)16(4)12-7-5-6-11(8-14)15-12/h5-7,9-10H,1-4H3. The molecule has 0 N–H and O–H groups in total. The third-order valence-electron chi connectivity index (χ3n) is 2.48. The van der Waals surface area contributed by atoms with Crippen LogP contribution in [0.3, 0.4) is 0 Å². The van der Waals surface area contributed by atoms with Crippen LogP contribution in [0.1, 0.15) is 26.5 Å². The molecular formula is C13H17N3O2. The number of rotatable bonds is 4. The van der Waals surface area contributed by atoms with Gasteiger partial charge in [0.1, 0.15) is 23.6 Å². The normalized spacial score (nSPS) is 11.8. The van der Waals surface area contributed by atoms with Gasteiger partial charge in [-0.25, -0.2) is 9.78 Å². The van der Waals surface area contributed by atoms with Crippen LogP contribution in [-0.2, 0) is 9.53 Å². The summed E-state index contributed by atoms with van der Waals surface area (Å²) in [5.41, 5.74) is 0.323. The first-order valence-corrected chi connectivity index (χ1v) is 5.76. The van der Waals surface area contributed by atoms with E-state index in [0.29, 0.717) is 11.5 Å². The lowest BCUT2D eigenvalue weighted by atomic mass is 10.2. The molecule has 5 heteroatoms. The summed E-state index contributed by atoms with van der Waals surface area (Å²) in [6, 6.07) is 6.62. The van der Waals surface area contributed by atoms with Crippen LogP contribution in [0.2, 0.25) is 0 Å². The zero-order valence-corrected chi connectivity index (χ0v) is 11.0. The van der Waals surface area contributed by atoms with E-state index < -0.39 is 6.04 Å². The van der Waals surface area contributed by atoms with Crippen molar-refractivity contribution >= 4 is 11.8 Å². The second-order valence-electron chi connectivity index (χ2n) is 4.27. The molecule has 1 atom stereocenters. The molecule has 1 rings (SSSR count). The first kappa shape index (κ1) is 14.0. The maximum atomic E-state index is 11.8. The number of nitrogens with zero attached hydrogens (tertiary/aromatic N) is 3. The van der Waals surface area contributed by atoms with Crippen molar-refractivity contribution in [2.75, 3.05) is 11.9 Å². The van der Waals surface area contributed by atoms with Crippen molar-refractivity contribution in [3.8, 4) is 6.07 Å². The van der Waals surface area contributed by atoms with Crippen molar-refractivity contribution in [2.45, 2.75) is 32.9 Å². The molecule has 18 heavy (non-hydrogen) atoms. The van der Waals surface area contributed by atoms with Crippen LogP contribution in [0, 0.1) is 11.3 Å². The SMILES string of the molecule is CC(C)OC(=O)C(C)N(C)c1cccc(C#N)n1. The van der Waals surface area contributed by atoms with Crippen LogP contribution < -0.4 is 4.90 Å². The van der Waals surface area contributed by atoms with E-state index in [9.17, 15) is 4.79 Å². The number of esters is 1. The fourth-order valence-corrected chi connectivity index (χ4v) is 1.37. The Morgan fingerprint density at radius 3 is 2.67 bits per heavy atom. The molecule has 1 aromatic heterocycles. The largest absolute Gasteiger partial charge is 0.461 e.